The Balaban J connectivity index is 0. The van der Waals surface area contributed by atoms with Gasteiger partial charge in [-0.3, -0.25) is 0 Å². The Kier molecular flexibility index (Phi) is 11.0. The predicted molar refractivity (Wildman–Crippen MR) is 90.8 cm³/mol. The van der Waals surface area contributed by atoms with E-state index in [0.29, 0.717) is 12.7 Å². The van der Waals surface area contributed by atoms with Crippen molar-refractivity contribution < 1.29 is 12.7 Å². The van der Waals surface area contributed by atoms with Gasteiger partial charge < -0.3 is 4.90 Å². The molecule has 120 valence electrons. The van der Waals surface area contributed by atoms with Crippen LogP contribution < -0.4 is 0 Å². The first kappa shape index (κ1) is 22.5. The fourth-order valence-electron chi connectivity index (χ4n) is 2.07. The van der Waals surface area contributed by atoms with E-state index in [4.69, 9.17) is 20.4 Å². The van der Waals surface area contributed by atoms with Gasteiger partial charge in [-0.25, -0.2) is 0 Å². The predicted octanol–water partition coefficient (Wildman–Crippen LogP) is 5.19. The standard InChI is InChI=1S/C14H30NP.2ClH.Ni/c1-12(2,3)14(16,13(4,5)6)10-9-11-15(7)8;;;/h9-10H,11,16H2,1-8H3;2*1H;/q;;;+2/p-2/b10-9+;;;. The molecule has 0 N–H and O–H groups in total. The summed E-state index contributed by atoms with van der Waals surface area (Å²) in [5, 5.41) is 0.121. The Bertz CT molecular complexity index is 254. The van der Waals surface area contributed by atoms with Gasteiger partial charge in [-0.15, -0.1) is 9.24 Å². The van der Waals surface area contributed by atoms with Crippen LogP contribution in [0.5, 0.6) is 0 Å². The molecule has 0 amide bonds. The molecule has 0 aromatic carbocycles. The molecule has 0 heterocycles. The van der Waals surface area contributed by atoms with Gasteiger partial charge in [0.2, 0.25) is 0 Å². The van der Waals surface area contributed by atoms with Gasteiger partial charge >= 0.3 is 33.0 Å². The van der Waals surface area contributed by atoms with Crippen molar-refractivity contribution in [2.24, 2.45) is 10.8 Å². The van der Waals surface area contributed by atoms with Crippen LogP contribution in [0, 0.1) is 10.8 Å². The van der Waals surface area contributed by atoms with Crippen LogP contribution in [0.15, 0.2) is 12.2 Å². The molecule has 0 aromatic heterocycles. The monoisotopic (exact) mass is 371 g/mol. The molecule has 0 fully saturated rings. The third-order valence-electron chi connectivity index (χ3n) is 3.33. The summed E-state index contributed by atoms with van der Waals surface area (Å²) < 4.78 is 0. The van der Waals surface area contributed by atoms with Crippen LogP contribution in [0.4, 0.5) is 0 Å². The molecule has 19 heavy (non-hydrogen) atoms. The number of nitrogens with zero attached hydrogens (tertiary/aromatic N) is 1. The topological polar surface area (TPSA) is 3.24 Å². The third-order valence-corrected chi connectivity index (χ3v) is 5.26. The summed E-state index contributed by atoms with van der Waals surface area (Å²) in [6, 6.07) is 0. The zero-order valence-electron chi connectivity index (χ0n) is 13.5. The summed E-state index contributed by atoms with van der Waals surface area (Å²) in [6.07, 6.45) is 4.65. The molecule has 1 unspecified atom stereocenters. The Morgan fingerprint density at radius 1 is 1.00 bits per heavy atom. The maximum atomic E-state index is 4.70. The van der Waals surface area contributed by atoms with Crippen LogP contribution in [0.3, 0.4) is 0 Å². The molecule has 0 bridgehead atoms. The van der Waals surface area contributed by atoms with E-state index < -0.39 is 0 Å². The molecule has 5 heteroatoms. The van der Waals surface area contributed by atoms with Crippen molar-refractivity contribution in [3.8, 4) is 0 Å². The van der Waals surface area contributed by atoms with E-state index >= 15 is 0 Å². The van der Waals surface area contributed by atoms with E-state index in [2.05, 4.69) is 81.9 Å². The van der Waals surface area contributed by atoms with Crippen LogP contribution in [-0.4, -0.2) is 30.7 Å². The van der Waals surface area contributed by atoms with Gasteiger partial charge in [-0.05, 0) is 24.9 Å². The van der Waals surface area contributed by atoms with E-state index in [1.807, 2.05) is 0 Å². The molecule has 0 radical (unpaired) electrons. The van der Waals surface area contributed by atoms with E-state index in [9.17, 15) is 0 Å². The van der Waals surface area contributed by atoms with Gasteiger partial charge in [0.15, 0.2) is 0 Å². The molecule has 0 saturated carbocycles. The van der Waals surface area contributed by atoms with E-state index in [1.54, 1.807) is 0 Å². The zero-order chi connectivity index (χ0) is 15.9. The Hall–Kier alpha value is 1.20. The van der Waals surface area contributed by atoms with Crippen molar-refractivity contribution in [2.45, 2.75) is 46.7 Å². The number of likely N-dealkylation sites (N-methyl/N-ethyl adjacent to an activating group) is 1. The molecule has 0 rings (SSSR count). The SMILES string of the molecule is CN(C)C/C=C/C(P)(C(C)(C)C)C(C)(C)C.[Cl][Ni][Cl]. The van der Waals surface area contributed by atoms with Crippen LogP contribution >= 0.6 is 29.6 Å². The minimum atomic E-state index is 0.121. The molecule has 0 aliphatic heterocycles. The van der Waals surface area contributed by atoms with Gasteiger partial charge in [0.25, 0.3) is 0 Å². The summed E-state index contributed by atoms with van der Waals surface area (Å²) in [7, 11) is 16.7. The molecular formula is C14H30Cl2NNiP. The molecular weight excluding hydrogens is 343 g/mol. The second-order valence-corrected chi connectivity index (χ2v) is 9.62. The summed E-state index contributed by atoms with van der Waals surface area (Å²) in [5.74, 6) is 0. The quantitative estimate of drug-likeness (QED) is 0.374. The van der Waals surface area contributed by atoms with Crippen molar-refractivity contribution in [1.29, 1.82) is 0 Å². The maximum absolute atomic E-state index is 4.70. The van der Waals surface area contributed by atoms with E-state index in [1.165, 1.54) is 0 Å². The number of hydrogen-bond donors (Lipinski definition) is 0. The van der Waals surface area contributed by atoms with Gasteiger partial charge in [-0.1, -0.05) is 53.7 Å². The first-order valence-corrected chi connectivity index (χ1v) is 9.56. The summed E-state index contributed by atoms with van der Waals surface area (Å²) in [5.41, 5.74) is 0.470. The Morgan fingerprint density at radius 3 is 1.53 bits per heavy atom. The first-order chi connectivity index (χ1) is 8.33. The van der Waals surface area contributed by atoms with Crippen LogP contribution in [0.25, 0.3) is 0 Å². The van der Waals surface area contributed by atoms with Crippen molar-refractivity contribution in [1.82, 2.24) is 4.90 Å². The van der Waals surface area contributed by atoms with Crippen molar-refractivity contribution in [3.05, 3.63) is 12.2 Å². The first-order valence-electron chi connectivity index (χ1n) is 6.27. The molecule has 0 aliphatic carbocycles. The summed E-state index contributed by atoms with van der Waals surface area (Å²) >= 11 is 0.569. The minimum absolute atomic E-state index is 0.121. The molecule has 1 atom stereocenters. The van der Waals surface area contributed by atoms with Crippen molar-refractivity contribution in [3.63, 3.8) is 0 Å². The number of allylic oxidation sites excluding steroid dienone is 1. The zero-order valence-corrected chi connectivity index (χ0v) is 17.1. The van der Waals surface area contributed by atoms with Gasteiger partial charge in [0.1, 0.15) is 0 Å². The molecule has 0 spiro atoms. The Morgan fingerprint density at radius 2 is 1.32 bits per heavy atom. The van der Waals surface area contributed by atoms with Gasteiger partial charge in [-0.2, -0.15) is 0 Å². The summed E-state index contributed by atoms with van der Waals surface area (Å²) in [4.78, 5) is 2.19. The molecule has 1 nitrogen and oxygen atoms in total. The fourth-order valence-corrected chi connectivity index (χ4v) is 2.21. The van der Waals surface area contributed by atoms with Crippen molar-refractivity contribution >= 4 is 29.6 Å². The number of halogens is 2. The summed E-state index contributed by atoms with van der Waals surface area (Å²) in [6.45, 7) is 14.9. The van der Waals surface area contributed by atoms with E-state index in [-0.39, 0.29) is 16.0 Å². The van der Waals surface area contributed by atoms with Crippen LogP contribution in [0.2, 0.25) is 0 Å². The second kappa shape index (κ2) is 9.27. The second-order valence-electron chi connectivity index (χ2n) is 7.08. The Labute approximate surface area is 137 Å². The van der Waals surface area contributed by atoms with Crippen LogP contribution in [-0.2, 0) is 12.7 Å². The average Bonchev–Trinajstić information content (AvgIpc) is 2.14. The molecule has 0 aliphatic rings. The van der Waals surface area contributed by atoms with Crippen LogP contribution in [0.1, 0.15) is 41.5 Å². The normalized spacial score (nSPS) is 13.9. The third kappa shape index (κ3) is 8.28. The van der Waals surface area contributed by atoms with Gasteiger partial charge in [0.05, 0.1) is 0 Å². The number of rotatable bonds is 3. The average molecular weight is 373 g/mol. The molecule has 0 aromatic rings. The van der Waals surface area contributed by atoms with Crippen molar-refractivity contribution in [2.75, 3.05) is 20.6 Å². The fraction of sp³-hybridized carbons (Fsp3) is 0.857. The van der Waals surface area contributed by atoms with E-state index in [0.717, 1.165) is 6.54 Å². The van der Waals surface area contributed by atoms with Gasteiger partial charge in [0, 0.05) is 11.7 Å². The molecule has 0 saturated heterocycles. The number of hydrogen-bond acceptors (Lipinski definition) is 1.